The van der Waals surface area contributed by atoms with Crippen LogP contribution in [0.2, 0.25) is 0 Å². The van der Waals surface area contributed by atoms with E-state index in [0.717, 1.165) is 83.4 Å². The van der Waals surface area contributed by atoms with Crippen LogP contribution in [-0.2, 0) is 20.9 Å². The van der Waals surface area contributed by atoms with Gasteiger partial charge in [-0.25, -0.2) is 4.79 Å². The Bertz CT molecular complexity index is 1080. The molecule has 200 valence electrons. The van der Waals surface area contributed by atoms with E-state index in [1.165, 1.54) is 6.42 Å². The molecule has 5 rings (SSSR count). The van der Waals surface area contributed by atoms with Crippen molar-refractivity contribution in [2.75, 3.05) is 44.2 Å². The Labute approximate surface area is 224 Å². The molecule has 0 atom stereocenters. The van der Waals surface area contributed by atoms with Crippen LogP contribution < -0.4 is 4.90 Å². The number of amides is 2. The van der Waals surface area contributed by atoms with Crippen molar-refractivity contribution < 1.29 is 19.1 Å². The van der Waals surface area contributed by atoms with Gasteiger partial charge in [-0.1, -0.05) is 19.3 Å². The third kappa shape index (κ3) is 5.12. The number of anilines is 1. The Hall–Kier alpha value is -2.52. The smallest absolute Gasteiger partial charge is 0.338 e. The lowest BCUT2D eigenvalue weighted by Gasteiger charge is -2.38. The monoisotopic (exact) mass is 526 g/mol. The highest BCUT2D eigenvalue weighted by Crippen LogP contribution is 2.34. The molecule has 1 aromatic rings. The molecular formula is C28H38N4O4S. The van der Waals surface area contributed by atoms with Crippen molar-refractivity contribution >= 4 is 40.8 Å². The van der Waals surface area contributed by atoms with Crippen LogP contribution in [0.4, 0.5) is 5.69 Å². The van der Waals surface area contributed by atoms with Crippen molar-refractivity contribution in [2.24, 2.45) is 5.92 Å². The van der Waals surface area contributed by atoms with E-state index in [1.807, 2.05) is 24.8 Å². The van der Waals surface area contributed by atoms with Gasteiger partial charge in [-0.2, -0.15) is 0 Å². The molecule has 2 saturated heterocycles. The average molecular weight is 527 g/mol. The number of thiocarbonyl (C=S) groups is 1. The molecular weight excluding hydrogens is 488 g/mol. The zero-order chi connectivity index (χ0) is 26.2. The van der Waals surface area contributed by atoms with E-state index in [1.54, 1.807) is 17.0 Å². The summed E-state index contributed by atoms with van der Waals surface area (Å²) in [6, 6.07) is 5.34. The summed E-state index contributed by atoms with van der Waals surface area (Å²) in [6.07, 6.45) is 7.71. The zero-order valence-electron chi connectivity index (χ0n) is 22.0. The van der Waals surface area contributed by atoms with Crippen molar-refractivity contribution in [1.29, 1.82) is 0 Å². The van der Waals surface area contributed by atoms with Gasteiger partial charge in [0.25, 0.3) is 5.91 Å². The predicted molar refractivity (Wildman–Crippen MR) is 145 cm³/mol. The number of fused-ring (bicyclic) bond motifs is 1. The number of esters is 1. The predicted octanol–water partition coefficient (Wildman–Crippen LogP) is 3.57. The number of carbonyl (C=O) groups excluding carboxylic acids is 3. The summed E-state index contributed by atoms with van der Waals surface area (Å²) in [5.74, 6) is 0.319. The Morgan fingerprint density at radius 3 is 2.41 bits per heavy atom. The zero-order valence-corrected chi connectivity index (χ0v) is 22.9. The van der Waals surface area contributed by atoms with E-state index in [9.17, 15) is 14.4 Å². The van der Waals surface area contributed by atoms with E-state index in [0.29, 0.717) is 28.2 Å². The van der Waals surface area contributed by atoms with Gasteiger partial charge in [-0.05, 0) is 76.5 Å². The summed E-state index contributed by atoms with van der Waals surface area (Å²) in [6.45, 7) is 9.61. The maximum absolute atomic E-state index is 13.3. The van der Waals surface area contributed by atoms with Crippen LogP contribution in [-0.4, -0.2) is 82.4 Å². The van der Waals surface area contributed by atoms with Crippen molar-refractivity contribution in [3.63, 3.8) is 0 Å². The molecule has 2 amide bonds. The first-order valence-corrected chi connectivity index (χ1v) is 14.2. The van der Waals surface area contributed by atoms with Crippen LogP contribution in [0, 0.1) is 5.92 Å². The molecule has 9 heteroatoms. The molecule has 0 radical (unpaired) electrons. The molecule has 0 bridgehead atoms. The number of rotatable bonds is 9. The number of ether oxygens (including phenoxy) is 1. The van der Waals surface area contributed by atoms with E-state index in [2.05, 4.69) is 9.80 Å². The molecule has 3 heterocycles. The van der Waals surface area contributed by atoms with Gasteiger partial charge < -0.3 is 14.5 Å². The molecule has 4 aliphatic rings. The summed E-state index contributed by atoms with van der Waals surface area (Å²) in [4.78, 5) is 45.7. The van der Waals surface area contributed by atoms with E-state index in [4.69, 9.17) is 17.0 Å². The molecule has 3 fully saturated rings. The molecule has 1 aliphatic carbocycles. The van der Waals surface area contributed by atoms with Crippen molar-refractivity contribution in [2.45, 2.75) is 70.9 Å². The highest BCUT2D eigenvalue weighted by Gasteiger charge is 2.49. The number of carbonyl (C=O) groups is 3. The highest BCUT2D eigenvalue weighted by atomic mass is 32.1. The minimum Gasteiger partial charge on any atom is -0.457 e. The van der Waals surface area contributed by atoms with Crippen LogP contribution in [0.15, 0.2) is 18.2 Å². The lowest BCUT2D eigenvalue weighted by molar-refractivity contribution is -0.140. The molecule has 3 aliphatic heterocycles. The maximum atomic E-state index is 13.3. The van der Waals surface area contributed by atoms with Crippen molar-refractivity contribution in [3.05, 3.63) is 29.3 Å². The van der Waals surface area contributed by atoms with Gasteiger partial charge in [0.05, 0.1) is 11.3 Å². The Kier molecular flexibility index (Phi) is 7.54. The molecule has 0 N–H and O–H groups in total. The van der Waals surface area contributed by atoms with Gasteiger partial charge in [0.1, 0.15) is 12.1 Å². The second kappa shape index (κ2) is 10.7. The van der Waals surface area contributed by atoms with Gasteiger partial charge in [0, 0.05) is 44.2 Å². The summed E-state index contributed by atoms with van der Waals surface area (Å²) in [7, 11) is 0. The molecule has 0 spiro atoms. The first kappa shape index (κ1) is 26.1. The number of nitrogens with zero attached hydrogens (tertiary/aromatic N) is 4. The number of hydrogen-bond donors (Lipinski definition) is 0. The van der Waals surface area contributed by atoms with Gasteiger partial charge >= 0.3 is 5.97 Å². The highest BCUT2D eigenvalue weighted by molar-refractivity contribution is 7.80. The first-order valence-electron chi connectivity index (χ1n) is 13.7. The summed E-state index contributed by atoms with van der Waals surface area (Å²) < 4.78 is 5.11. The van der Waals surface area contributed by atoms with Gasteiger partial charge in [0.2, 0.25) is 5.91 Å². The fourth-order valence-corrected chi connectivity index (χ4v) is 6.27. The minimum atomic E-state index is -0.709. The van der Waals surface area contributed by atoms with Crippen LogP contribution in [0.5, 0.6) is 0 Å². The van der Waals surface area contributed by atoms with E-state index in [-0.39, 0.29) is 18.5 Å². The van der Waals surface area contributed by atoms with Gasteiger partial charge in [0.15, 0.2) is 5.11 Å². The number of hydrogen-bond acceptors (Lipinski definition) is 6. The van der Waals surface area contributed by atoms with E-state index < -0.39 is 5.54 Å². The molecule has 0 unspecified atom stereocenters. The Balaban J connectivity index is 1.05. The third-order valence-electron chi connectivity index (χ3n) is 8.49. The largest absolute Gasteiger partial charge is 0.457 e. The fourth-order valence-electron chi connectivity index (χ4n) is 5.76. The third-order valence-corrected chi connectivity index (χ3v) is 8.90. The molecule has 1 aromatic carbocycles. The average Bonchev–Trinajstić information content (AvgIpc) is 3.29. The SMILES string of the molecule is CC1(C)C(=O)N(c2ccc3c(c2)COC3=O)C(=S)N1CCCCCCN1CCN(C(=O)C2CCC2)CC1. The number of cyclic esters (lactones) is 1. The quantitative estimate of drug-likeness (QED) is 0.277. The number of unbranched alkanes of at least 4 members (excludes halogenated alkanes) is 3. The summed E-state index contributed by atoms with van der Waals surface area (Å²) in [5.41, 5.74) is 1.33. The van der Waals surface area contributed by atoms with Gasteiger partial charge in [-0.15, -0.1) is 0 Å². The van der Waals surface area contributed by atoms with Crippen LogP contribution in [0.1, 0.15) is 74.7 Å². The second-order valence-corrected chi connectivity index (χ2v) is 11.6. The summed E-state index contributed by atoms with van der Waals surface area (Å²) in [5, 5.41) is 0.523. The van der Waals surface area contributed by atoms with Gasteiger partial charge in [-0.3, -0.25) is 19.4 Å². The second-order valence-electron chi connectivity index (χ2n) is 11.3. The first-order chi connectivity index (χ1) is 17.8. The lowest BCUT2D eigenvalue weighted by atomic mass is 9.84. The Morgan fingerprint density at radius 2 is 1.73 bits per heavy atom. The topological polar surface area (TPSA) is 73.4 Å². The minimum absolute atomic E-state index is 0.0439. The lowest BCUT2D eigenvalue weighted by Crippen LogP contribution is -2.51. The van der Waals surface area contributed by atoms with Crippen LogP contribution in [0.3, 0.4) is 0 Å². The van der Waals surface area contributed by atoms with E-state index >= 15 is 0 Å². The molecule has 1 saturated carbocycles. The normalized spacial score (nSPS) is 21.9. The standard InChI is InChI=1S/C28H38N4O4S/c1-28(2)26(35)32(22-10-11-23-21(18-22)19-36-25(23)34)27(37)31(28)13-6-4-3-5-12-29-14-16-30(17-15-29)24(33)20-8-7-9-20/h10-11,18,20H,3-9,12-17,19H2,1-2H3. The van der Waals surface area contributed by atoms with Crippen molar-refractivity contribution in [1.82, 2.24) is 14.7 Å². The fraction of sp³-hybridized carbons (Fsp3) is 0.643. The molecule has 0 aromatic heterocycles. The number of piperazine rings is 1. The Morgan fingerprint density at radius 1 is 1.03 bits per heavy atom. The summed E-state index contributed by atoms with van der Waals surface area (Å²) >= 11 is 5.76. The number of benzene rings is 1. The van der Waals surface area contributed by atoms with Crippen LogP contribution >= 0.6 is 12.2 Å². The molecule has 8 nitrogen and oxygen atoms in total. The van der Waals surface area contributed by atoms with Crippen LogP contribution in [0.25, 0.3) is 0 Å². The molecule has 37 heavy (non-hydrogen) atoms. The maximum Gasteiger partial charge on any atom is 0.338 e. The van der Waals surface area contributed by atoms with Crippen molar-refractivity contribution in [3.8, 4) is 0 Å².